The van der Waals surface area contributed by atoms with E-state index in [2.05, 4.69) is 6.07 Å². The Balaban J connectivity index is 3.14. The molecular formula is C14H17NO2. The quantitative estimate of drug-likeness (QED) is 0.800. The van der Waals surface area contributed by atoms with Crippen LogP contribution in [0, 0.1) is 24.2 Å². The van der Waals surface area contributed by atoms with Gasteiger partial charge in [0.05, 0.1) is 13.2 Å². The molecule has 1 atom stereocenters. The standard InChI is InChI=1S/C14H17NO2/c1-9(2)14(16)12(8-15)11-6-5-10(3)13(7-11)17-4/h5-7,9,12H,1-4H3. The Hall–Kier alpha value is -1.82. The molecule has 0 aliphatic carbocycles. The number of carbonyl (C=O) groups is 1. The Kier molecular flexibility index (Phi) is 4.28. The first-order valence-corrected chi connectivity index (χ1v) is 5.59. The topological polar surface area (TPSA) is 50.1 Å². The molecule has 0 saturated heterocycles. The molecule has 0 bridgehead atoms. The normalized spacial score (nSPS) is 12.0. The lowest BCUT2D eigenvalue weighted by atomic mass is 9.89. The smallest absolute Gasteiger partial charge is 0.156 e. The van der Waals surface area contributed by atoms with Crippen LogP contribution >= 0.6 is 0 Å². The van der Waals surface area contributed by atoms with Gasteiger partial charge in [-0.05, 0) is 24.1 Å². The lowest BCUT2D eigenvalue weighted by Crippen LogP contribution is -2.16. The summed E-state index contributed by atoms with van der Waals surface area (Å²) in [5.41, 5.74) is 1.69. The maximum Gasteiger partial charge on any atom is 0.156 e. The summed E-state index contributed by atoms with van der Waals surface area (Å²) in [4.78, 5) is 11.9. The highest BCUT2D eigenvalue weighted by atomic mass is 16.5. The molecule has 3 nitrogen and oxygen atoms in total. The van der Waals surface area contributed by atoms with Crippen molar-refractivity contribution in [2.75, 3.05) is 7.11 Å². The van der Waals surface area contributed by atoms with Crippen LogP contribution in [0.25, 0.3) is 0 Å². The van der Waals surface area contributed by atoms with Gasteiger partial charge >= 0.3 is 0 Å². The molecule has 1 rings (SSSR count). The second-order valence-electron chi connectivity index (χ2n) is 4.35. The Morgan fingerprint density at radius 3 is 2.53 bits per heavy atom. The fourth-order valence-electron chi connectivity index (χ4n) is 1.65. The molecule has 0 N–H and O–H groups in total. The number of aryl methyl sites for hydroxylation is 1. The largest absolute Gasteiger partial charge is 0.496 e. The van der Waals surface area contributed by atoms with E-state index in [0.717, 1.165) is 5.56 Å². The number of rotatable bonds is 4. The van der Waals surface area contributed by atoms with E-state index in [9.17, 15) is 4.79 Å². The maximum atomic E-state index is 11.9. The number of nitrogens with zero attached hydrogens (tertiary/aromatic N) is 1. The predicted molar refractivity (Wildman–Crippen MR) is 65.9 cm³/mol. The lowest BCUT2D eigenvalue weighted by Gasteiger charge is -2.13. The van der Waals surface area contributed by atoms with Gasteiger partial charge < -0.3 is 4.74 Å². The molecule has 0 aliphatic rings. The Labute approximate surface area is 102 Å². The van der Waals surface area contributed by atoms with Gasteiger partial charge in [-0.2, -0.15) is 5.26 Å². The van der Waals surface area contributed by atoms with E-state index in [1.165, 1.54) is 0 Å². The van der Waals surface area contributed by atoms with Crippen LogP contribution in [0.2, 0.25) is 0 Å². The van der Waals surface area contributed by atoms with Gasteiger partial charge in [0.15, 0.2) is 5.78 Å². The van der Waals surface area contributed by atoms with Gasteiger partial charge in [0, 0.05) is 5.92 Å². The third kappa shape index (κ3) is 2.85. The average Bonchev–Trinajstić information content (AvgIpc) is 2.31. The van der Waals surface area contributed by atoms with E-state index >= 15 is 0 Å². The van der Waals surface area contributed by atoms with Gasteiger partial charge in [-0.25, -0.2) is 0 Å². The minimum atomic E-state index is -0.704. The number of hydrogen-bond acceptors (Lipinski definition) is 3. The third-order valence-electron chi connectivity index (χ3n) is 2.75. The fourth-order valence-corrected chi connectivity index (χ4v) is 1.65. The van der Waals surface area contributed by atoms with Crippen LogP contribution in [0.4, 0.5) is 0 Å². The fraction of sp³-hybridized carbons (Fsp3) is 0.429. The average molecular weight is 231 g/mol. The monoisotopic (exact) mass is 231 g/mol. The van der Waals surface area contributed by atoms with Gasteiger partial charge in [-0.1, -0.05) is 26.0 Å². The van der Waals surface area contributed by atoms with Gasteiger partial charge in [-0.15, -0.1) is 0 Å². The molecule has 0 saturated carbocycles. The van der Waals surface area contributed by atoms with E-state index in [1.807, 2.05) is 19.1 Å². The minimum absolute atomic E-state index is 0.0570. The predicted octanol–water partition coefficient (Wildman–Crippen LogP) is 2.84. The molecule has 0 aromatic heterocycles. The number of hydrogen-bond donors (Lipinski definition) is 0. The molecule has 0 aliphatic heterocycles. The van der Waals surface area contributed by atoms with Crippen LogP contribution in [0.1, 0.15) is 30.9 Å². The number of benzene rings is 1. The van der Waals surface area contributed by atoms with Crippen molar-refractivity contribution < 1.29 is 9.53 Å². The highest BCUT2D eigenvalue weighted by Gasteiger charge is 2.23. The molecule has 0 spiro atoms. The maximum absolute atomic E-state index is 11.9. The van der Waals surface area contributed by atoms with Crippen molar-refractivity contribution in [1.29, 1.82) is 5.26 Å². The van der Waals surface area contributed by atoms with Crippen LogP contribution in [0.3, 0.4) is 0 Å². The highest BCUT2D eigenvalue weighted by molar-refractivity contribution is 5.90. The highest BCUT2D eigenvalue weighted by Crippen LogP contribution is 2.26. The SMILES string of the molecule is COc1cc(C(C#N)C(=O)C(C)C)ccc1C. The van der Waals surface area contributed by atoms with E-state index in [1.54, 1.807) is 27.0 Å². The molecule has 0 heterocycles. The van der Waals surface area contributed by atoms with E-state index in [4.69, 9.17) is 10.00 Å². The molecule has 1 unspecified atom stereocenters. The summed E-state index contributed by atoms with van der Waals surface area (Å²) in [6.45, 7) is 5.53. The molecule has 0 fully saturated rings. The summed E-state index contributed by atoms with van der Waals surface area (Å²) in [6, 6.07) is 7.51. The molecule has 0 amide bonds. The zero-order chi connectivity index (χ0) is 13.0. The Bertz CT molecular complexity index is 458. The number of ether oxygens (including phenoxy) is 1. The van der Waals surface area contributed by atoms with Crippen molar-refractivity contribution in [1.82, 2.24) is 0 Å². The molecule has 0 radical (unpaired) electrons. The minimum Gasteiger partial charge on any atom is -0.496 e. The van der Waals surface area contributed by atoms with Crippen LogP contribution in [-0.4, -0.2) is 12.9 Å². The van der Waals surface area contributed by atoms with Crippen LogP contribution in [0.5, 0.6) is 5.75 Å². The number of methoxy groups -OCH3 is 1. The van der Waals surface area contributed by atoms with Crippen molar-refractivity contribution in [2.45, 2.75) is 26.7 Å². The molecule has 17 heavy (non-hydrogen) atoms. The molecule has 3 heteroatoms. The van der Waals surface area contributed by atoms with Crippen molar-refractivity contribution >= 4 is 5.78 Å². The van der Waals surface area contributed by atoms with Crippen molar-refractivity contribution in [3.8, 4) is 11.8 Å². The molecular weight excluding hydrogens is 214 g/mol. The van der Waals surface area contributed by atoms with Crippen molar-refractivity contribution in [3.05, 3.63) is 29.3 Å². The van der Waals surface area contributed by atoms with Gasteiger partial charge in [0.25, 0.3) is 0 Å². The number of carbonyl (C=O) groups excluding carboxylic acids is 1. The molecule has 1 aromatic carbocycles. The molecule has 90 valence electrons. The first-order valence-electron chi connectivity index (χ1n) is 5.59. The van der Waals surface area contributed by atoms with E-state index in [0.29, 0.717) is 11.3 Å². The molecule has 1 aromatic rings. The summed E-state index contributed by atoms with van der Waals surface area (Å²) in [5, 5.41) is 9.12. The zero-order valence-corrected chi connectivity index (χ0v) is 10.7. The third-order valence-corrected chi connectivity index (χ3v) is 2.75. The van der Waals surface area contributed by atoms with Crippen molar-refractivity contribution in [2.24, 2.45) is 5.92 Å². The van der Waals surface area contributed by atoms with Crippen LogP contribution in [-0.2, 0) is 4.79 Å². The first kappa shape index (κ1) is 13.2. The van der Waals surface area contributed by atoms with Crippen molar-refractivity contribution in [3.63, 3.8) is 0 Å². The van der Waals surface area contributed by atoms with Crippen LogP contribution < -0.4 is 4.74 Å². The first-order chi connectivity index (χ1) is 8.01. The van der Waals surface area contributed by atoms with E-state index < -0.39 is 5.92 Å². The van der Waals surface area contributed by atoms with Gasteiger partial charge in [0.2, 0.25) is 0 Å². The van der Waals surface area contributed by atoms with E-state index in [-0.39, 0.29) is 11.7 Å². The number of Topliss-reactive ketones (excluding diaryl/α,β-unsaturated/α-hetero) is 1. The summed E-state index contributed by atoms with van der Waals surface area (Å²) in [6.07, 6.45) is 0. The number of ketones is 1. The lowest BCUT2D eigenvalue weighted by molar-refractivity contribution is -0.122. The summed E-state index contributed by atoms with van der Waals surface area (Å²) >= 11 is 0. The Morgan fingerprint density at radius 1 is 1.41 bits per heavy atom. The summed E-state index contributed by atoms with van der Waals surface area (Å²) < 4.78 is 5.20. The summed E-state index contributed by atoms with van der Waals surface area (Å²) in [7, 11) is 1.58. The Morgan fingerprint density at radius 2 is 2.06 bits per heavy atom. The number of nitriles is 1. The van der Waals surface area contributed by atoms with Gasteiger partial charge in [0.1, 0.15) is 11.7 Å². The summed E-state index contributed by atoms with van der Waals surface area (Å²) in [5.74, 6) is -0.200. The second kappa shape index (κ2) is 5.49. The zero-order valence-electron chi connectivity index (χ0n) is 10.7. The van der Waals surface area contributed by atoms with Crippen LogP contribution in [0.15, 0.2) is 18.2 Å². The van der Waals surface area contributed by atoms with Gasteiger partial charge in [-0.3, -0.25) is 4.79 Å². The second-order valence-corrected chi connectivity index (χ2v) is 4.35.